The molecule has 1 amide bonds. The van der Waals surface area contributed by atoms with Crippen molar-refractivity contribution >= 4 is 11.6 Å². The fourth-order valence-corrected chi connectivity index (χ4v) is 3.63. The first kappa shape index (κ1) is 15.3. The number of pyridine rings is 1. The highest BCUT2D eigenvalue weighted by atomic mass is 16.5. The second-order valence-corrected chi connectivity index (χ2v) is 6.59. The van der Waals surface area contributed by atoms with E-state index < -0.39 is 0 Å². The minimum Gasteiger partial charge on any atom is -0.371 e. The number of hydrogen-bond donors (Lipinski definition) is 1. The Hall–Kier alpha value is -2.25. The number of ether oxygens (including phenoxy) is 1. The molecule has 4 heterocycles. The number of morpholine rings is 1. The van der Waals surface area contributed by atoms with E-state index in [4.69, 9.17) is 4.74 Å². The van der Waals surface area contributed by atoms with E-state index in [0.29, 0.717) is 0 Å². The summed E-state index contributed by atoms with van der Waals surface area (Å²) in [6, 6.07) is 3.66. The summed E-state index contributed by atoms with van der Waals surface area (Å²) in [6.07, 6.45) is 8.14. The van der Waals surface area contributed by atoms with Crippen molar-refractivity contribution in [2.45, 2.75) is 25.2 Å². The molecule has 0 spiro atoms. The fraction of sp³-hybridized carbons (Fsp3) is 0.471. The number of hydrogen-bond acceptors (Lipinski definition) is 5. The summed E-state index contributed by atoms with van der Waals surface area (Å²) in [5, 5.41) is 7.17. The van der Waals surface area contributed by atoms with Crippen LogP contribution in [-0.4, -0.2) is 50.9 Å². The second-order valence-electron chi connectivity index (χ2n) is 6.59. The van der Waals surface area contributed by atoms with Crippen molar-refractivity contribution in [3.05, 3.63) is 42.5 Å². The van der Waals surface area contributed by atoms with E-state index in [0.717, 1.165) is 31.7 Å². The van der Waals surface area contributed by atoms with Crippen LogP contribution in [0.1, 0.15) is 12.0 Å². The smallest absolute Gasteiger partial charge is 0.230 e. The van der Waals surface area contributed by atoms with Gasteiger partial charge >= 0.3 is 0 Å². The number of nitrogens with zero attached hydrogens (tertiary/aromatic N) is 4. The molecule has 2 fully saturated rings. The molecule has 4 rings (SSSR count). The summed E-state index contributed by atoms with van der Waals surface area (Å²) >= 11 is 0. The highest BCUT2D eigenvalue weighted by Gasteiger charge is 2.44. The summed E-state index contributed by atoms with van der Waals surface area (Å²) in [7, 11) is 1.92. The predicted octanol–water partition coefficient (Wildman–Crippen LogP) is 1.04. The van der Waals surface area contributed by atoms with E-state index in [9.17, 15) is 4.79 Å². The molecule has 3 atom stereocenters. The number of carbonyl (C=O) groups excluding carboxylic acids is 1. The van der Waals surface area contributed by atoms with Crippen molar-refractivity contribution in [1.29, 1.82) is 0 Å². The molecule has 2 aliphatic rings. The van der Waals surface area contributed by atoms with Crippen molar-refractivity contribution in [2.24, 2.45) is 13.0 Å². The summed E-state index contributed by atoms with van der Waals surface area (Å²) in [5.41, 5.74) is 1.92. The topological polar surface area (TPSA) is 72.3 Å². The first-order valence-corrected chi connectivity index (χ1v) is 8.23. The van der Waals surface area contributed by atoms with E-state index in [1.165, 1.54) is 5.56 Å². The normalized spacial score (nSPS) is 26.5. The van der Waals surface area contributed by atoms with Gasteiger partial charge < -0.3 is 10.1 Å². The van der Waals surface area contributed by atoms with Gasteiger partial charge in [-0.2, -0.15) is 5.10 Å². The highest BCUT2D eigenvalue weighted by Crippen LogP contribution is 2.33. The van der Waals surface area contributed by atoms with Crippen LogP contribution in [-0.2, 0) is 23.1 Å². The Morgan fingerprint density at radius 3 is 3.08 bits per heavy atom. The van der Waals surface area contributed by atoms with Gasteiger partial charge in [0.2, 0.25) is 5.91 Å². The lowest BCUT2D eigenvalue weighted by atomic mass is 9.99. The Balaban J connectivity index is 1.39. The average molecular weight is 327 g/mol. The summed E-state index contributed by atoms with van der Waals surface area (Å²) in [5.74, 6) is -0.0761. The fourth-order valence-electron chi connectivity index (χ4n) is 3.63. The Morgan fingerprint density at radius 1 is 1.42 bits per heavy atom. The molecule has 2 aromatic rings. The van der Waals surface area contributed by atoms with Crippen LogP contribution in [0.3, 0.4) is 0 Å². The molecule has 1 N–H and O–H groups in total. The van der Waals surface area contributed by atoms with Crippen molar-refractivity contribution < 1.29 is 9.53 Å². The first-order chi connectivity index (χ1) is 11.7. The molecular weight excluding hydrogens is 306 g/mol. The number of anilines is 1. The van der Waals surface area contributed by atoms with Crippen LogP contribution in [0.4, 0.5) is 5.69 Å². The third-order valence-electron chi connectivity index (χ3n) is 4.66. The minimum absolute atomic E-state index is 0.0266. The van der Waals surface area contributed by atoms with Crippen molar-refractivity contribution in [3.8, 4) is 0 Å². The zero-order chi connectivity index (χ0) is 16.5. The Kier molecular flexibility index (Phi) is 4.03. The van der Waals surface area contributed by atoms with Crippen LogP contribution in [0.2, 0.25) is 0 Å². The Labute approximate surface area is 140 Å². The van der Waals surface area contributed by atoms with Crippen LogP contribution in [0.5, 0.6) is 0 Å². The zero-order valence-electron chi connectivity index (χ0n) is 13.6. The maximum atomic E-state index is 12.6. The van der Waals surface area contributed by atoms with Gasteiger partial charge in [-0.05, 0) is 18.6 Å². The molecule has 2 saturated heterocycles. The van der Waals surface area contributed by atoms with Crippen LogP contribution in [0.25, 0.3) is 0 Å². The Bertz CT molecular complexity index is 717. The number of nitrogens with one attached hydrogen (secondary N) is 1. The molecule has 7 nitrogen and oxygen atoms in total. The summed E-state index contributed by atoms with van der Waals surface area (Å²) < 4.78 is 7.82. The van der Waals surface area contributed by atoms with Crippen LogP contribution >= 0.6 is 0 Å². The van der Waals surface area contributed by atoms with Crippen molar-refractivity contribution in [3.63, 3.8) is 0 Å². The molecule has 2 aromatic heterocycles. The van der Waals surface area contributed by atoms with Crippen LogP contribution < -0.4 is 5.32 Å². The van der Waals surface area contributed by atoms with Gasteiger partial charge in [0.05, 0.1) is 36.2 Å². The predicted molar refractivity (Wildman–Crippen MR) is 88.1 cm³/mol. The number of aryl methyl sites for hydroxylation is 1. The lowest BCUT2D eigenvalue weighted by Crippen LogP contribution is -2.44. The first-order valence-electron chi connectivity index (χ1n) is 8.23. The quantitative estimate of drug-likeness (QED) is 0.908. The van der Waals surface area contributed by atoms with Crippen LogP contribution in [0.15, 0.2) is 36.9 Å². The summed E-state index contributed by atoms with van der Waals surface area (Å²) in [4.78, 5) is 19.0. The summed E-state index contributed by atoms with van der Waals surface area (Å²) in [6.45, 7) is 2.49. The molecule has 0 radical (unpaired) electrons. The number of carbonyl (C=O) groups is 1. The van der Waals surface area contributed by atoms with Gasteiger partial charge in [-0.25, -0.2) is 0 Å². The average Bonchev–Trinajstić information content (AvgIpc) is 3.11. The van der Waals surface area contributed by atoms with Gasteiger partial charge in [-0.15, -0.1) is 0 Å². The molecule has 0 unspecified atom stereocenters. The van der Waals surface area contributed by atoms with Crippen molar-refractivity contribution in [1.82, 2.24) is 19.7 Å². The lowest BCUT2D eigenvalue weighted by molar-refractivity contribution is -0.123. The van der Waals surface area contributed by atoms with Gasteiger partial charge in [0.1, 0.15) is 0 Å². The number of fused-ring (bicyclic) bond motifs is 2. The van der Waals surface area contributed by atoms with Gasteiger partial charge in [0, 0.05) is 44.6 Å². The zero-order valence-corrected chi connectivity index (χ0v) is 13.6. The van der Waals surface area contributed by atoms with E-state index in [1.807, 2.05) is 36.3 Å². The Morgan fingerprint density at radius 2 is 2.33 bits per heavy atom. The molecule has 2 aliphatic heterocycles. The van der Waals surface area contributed by atoms with E-state index in [2.05, 4.69) is 20.3 Å². The standard InChI is InChI=1S/C17H21N5O2/c1-21-8-12(6-19-21)9-22-10-14-5-15(16(11-22)24-14)17(23)20-13-3-2-4-18-7-13/h2-4,6-8,14-16H,5,9-11H2,1H3,(H,20,23)/t14-,15+,16-/m0/s1. The number of amides is 1. The third kappa shape index (κ3) is 3.18. The third-order valence-corrected chi connectivity index (χ3v) is 4.66. The van der Waals surface area contributed by atoms with Crippen LogP contribution in [0, 0.1) is 5.92 Å². The lowest BCUT2D eigenvalue weighted by Gasteiger charge is -2.32. The van der Waals surface area contributed by atoms with Gasteiger partial charge in [-0.1, -0.05) is 0 Å². The molecule has 0 saturated carbocycles. The van der Waals surface area contributed by atoms with Gasteiger partial charge in [0.25, 0.3) is 0 Å². The molecule has 24 heavy (non-hydrogen) atoms. The molecule has 0 aromatic carbocycles. The highest BCUT2D eigenvalue weighted by molar-refractivity contribution is 5.93. The monoisotopic (exact) mass is 327 g/mol. The number of likely N-dealkylation sites (tertiary alicyclic amines) is 1. The van der Waals surface area contributed by atoms with E-state index >= 15 is 0 Å². The molecule has 7 heteroatoms. The van der Waals surface area contributed by atoms with Crippen molar-refractivity contribution in [2.75, 3.05) is 18.4 Å². The SMILES string of the molecule is Cn1cc(CN2C[C@@H]3C[C@@H](C(=O)Nc4cccnc4)[C@H](C2)O3)cn1. The number of rotatable bonds is 4. The molecule has 126 valence electrons. The minimum atomic E-state index is -0.103. The van der Waals surface area contributed by atoms with E-state index in [-0.39, 0.29) is 24.0 Å². The van der Waals surface area contributed by atoms with Gasteiger partial charge in [-0.3, -0.25) is 19.4 Å². The molecule has 2 bridgehead atoms. The second kappa shape index (κ2) is 6.33. The molecule has 0 aliphatic carbocycles. The maximum absolute atomic E-state index is 12.6. The largest absolute Gasteiger partial charge is 0.371 e. The molecular formula is C17H21N5O2. The van der Waals surface area contributed by atoms with Gasteiger partial charge in [0.15, 0.2) is 0 Å². The maximum Gasteiger partial charge on any atom is 0.230 e. The number of aromatic nitrogens is 3. The van der Waals surface area contributed by atoms with E-state index in [1.54, 1.807) is 12.4 Å².